The molecule has 90 valence electrons. The van der Waals surface area contributed by atoms with Gasteiger partial charge in [-0.05, 0) is 0 Å². The first-order valence-electron chi connectivity index (χ1n) is 5.31. The highest BCUT2D eigenvalue weighted by Gasteiger charge is 2.40. The number of imidazole rings is 1. The summed E-state index contributed by atoms with van der Waals surface area (Å²) in [4.78, 5) is 6.24. The summed E-state index contributed by atoms with van der Waals surface area (Å²) in [5.41, 5.74) is 0.376. The average molecular weight is 255 g/mol. The Kier molecular flexibility index (Phi) is 2.47. The highest BCUT2D eigenvalue weighted by atomic mass is 35.5. The number of nitrogens with zero attached hydrogens (tertiary/aromatic N) is 4. The van der Waals surface area contributed by atoms with Crippen molar-refractivity contribution in [2.45, 2.75) is 12.2 Å². The fraction of sp³-hybridized carbons (Fsp3) is 0.600. The Morgan fingerprint density at radius 3 is 2.59 bits per heavy atom. The number of nitriles is 1. The number of hydrogen-bond acceptors (Lipinski definition) is 5. The number of aromatic nitrogens is 2. The van der Waals surface area contributed by atoms with Crippen LogP contribution in [0.5, 0.6) is 0 Å². The van der Waals surface area contributed by atoms with Gasteiger partial charge >= 0.3 is 0 Å². The number of halogens is 1. The Hall–Kier alpha value is -1.29. The minimum Gasteiger partial charge on any atom is -0.348 e. The van der Waals surface area contributed by atoms with Gasteiger partial charge in [0.15, 0.2) is 10.8 Å². The second-order valence-electron chi connectivity index (χ2n) is 4.16. The van der Waals surface area contributed by atoms with Gasteiger partial charge in [0.05, 0.1) is 0 Å². The molecule has 1 aromatic heterocycles. The second kappa shape index (κ2) is 3.88. The third kappa shape index (κ3) is 1.59. The molecule has 1 aromatic rings. The largest absolute Gasteiger partial charge is 0.348 e. The first-order valence-corrected chi connectivity index (χ1v) is 5.69. The van der Waals surface area contributed by atoms with Gasteiger partial charge in [0.2, 0.25) is 5.95 Å². The van der Waals surface area contributed by atoms with Crippen LogP contribution in [0.15, 0.2) is 0 Å². The lowest BCUT2D eigenvalue weighted by molar-refractivity contribution is 0.0351. The molecule has 2 atom stereocenters. The first-order chi connectivity index (χ1) is 8.20. The standard InChI is InChI=1S/C10H11ClN4O2/c1-14-6(2-12)9(11)13-10(14)15-3-7-8(4-15)17-5-16-7/h7-8H,3-5H2,1H3/t7-,8+. The summed E-state index contributed by atoms with van der Waals surface area (Å²) in [5.74, 6) is 0.688. The molecule has 3 rings (SSSR count). The van der Waals surface area contributed by atoms with Crippen LogP contribution in [0.25, 0.3) is 0 Å². The predicted molar refractivity (Wildman–Crippen MR) is 59.8 cm³/mol. The SMILES string of the molecule is Cn1c(N2C[C@@H]3OCO[C@@H]3C2)nc(Cl)c1C#N. The van der Waals surface area contributed by atoms with E-state index >= 15 is 0 Å². The van der Waals surface area contributed by atoms with Crippen LogP contribution >= 0.6 is 11.6 Å². The van der Waals surface area contributed by atoms with Gasteiger partial charge in [0.25, 0.3) is 0 Å². The van der Waals surface area contributed by atoms with Gasteiger partial charge in [-0.2, -0.15) is 10.2 Å². The molecule has 0 spiro atoms. The van der Waals surface area contributed by atoms with Crippen molar-refractivity contribution in [3.63, 3.8) is 0 Å². The minimum atomic E-state index is 0.0935. The zero-order valence-electron chi connectivity index (χ0n) is 9.26. The third-order valence-corrected chi connectivity index (χ3v) is 3.46. The Morgan fingerprint density at radius 2 is 2.06 bits per heavy atom. The first kappa shape index (κ1) is 10.8. The van der Waals surface area contributed by atoms with Crippen LogP contribution in [0.2, 0.25) is 5.15 Å². The van der Waals surface area contributed by atoms with Crippen LogP contribution in [0.3, 0.4) is 0 Å². The topological polar surface area (TPSA) is 63.3 Å². The van der Waals surface area contributed by atoms with Gasteiger partial charge in [-0.1, -0.05) is 11.6 Å². The Morgan fingerprint density at radius 1 is 1.41 bits per heavy atom. The molecule has 17 heavy (non-hydrogen) atoms. The Labute approximate surface area is 103 Å². The lowest BCUT2D eigenvalue weighted by atomic mass is 10.3. The maximum atomic E-state index is 8.95. The predicted octanol–water partition coefficient (Wildman–Crippen LogP) is 0.507. The monoisotopic (exact) mass is 254 g/mol. The van der Waals surface area contributed by atoms with Crippen molar-refractivity contribution in [1.82, 2.24) is 9.55 Å². The molecule has 3 heterocycles. The Bertz CT molecular complexity index is 483. The summed E-state index contributed by atoms with van der Waals surface area (Å²) < 4.78 is 12.6. The van der Waals surface area contributed by atoms with Gasteiger partial charge in [-0.15, -0.1) is 0 Å². The second-order valence-corrected chi connectivity index (χ2v) is 4.51. The molecule has 6 nitrogen and oxygen atoms in total. The molecule has 2 aliphatic heterocycles. The molecule has 0 aromatic carbocycles. The van der Waals surface area contributed by atoms with E-state index in [1.165, 1.54) is 0 Å². The van der Waals surface area contributed by atoms with Crippen molar-refractivity contribution in [3.8, 4) is 6.07 Å². The van der Waals surface area contributed by atoms with Gasteiger partial charge in [-0.3, -0.25) is 0 Å². The van der Waals surface area contributed by atoms with E-state index in [1.807, 2.05) is 11.0 Å². The molecule has 2 aliphatic rings. The van der Waals surface area contributed by atoms with E-state index in [0.29, 0.717) is 18.4 Å². The van der Waals surface area contributed by atoms with Gasteiger partial charge in [0, 0.05) is 20.1 Å². The highest BCUT2D eigenvalue weighted by Crippen LogP contribution is 2.28. The van der Waals surface area contributed by atoms with E-state index < -0.39 is 0 Å². The van der Waals surface area contributed by atoms with Crippen LogP contribution in [0.1, 0.15) is 5.69 Å². The van der Waals surface area contributed by atoms with Gasteiger partial charge < -0.3 is 18.9 Å². The maximum Gasteiger partial charge on any atom is 0.207 e. The smallest absolute Gasteiger partial charge is 0.207 e. The van der Waals surface area contributed by atoms with Crippen molar-refractivity contribution in [3.05, 3.63) is 10.8 Å². The van der Waals surface area contributed by atoms with Crippen LogP contribution in [-0.2, 0) is 16.5 Å². The summed E-state index contributed by atoms with van der Waals surface area (Å²) in [6.45, 7) is 1.81. The number of fused-ring (bicyclic) bond motifs is 1. The lowest BCUT2D eigenvalue weighted by Crippen LogP contribution is -2.26. The van der Waals surface area contributed by atoms with Crippen molar-refractivity contribution >= 4 is 17.5 Å². The summed E-state index contributed by atoms with van der Waals surface area (Å²) >= 11 is 5.91. The Balaban J connectivity index is 1.89. The van der Waals surface area contributed by atoms with Gasteiger partial charge in [0.1, 0.15) is 25.1 Å². The van der Waals surface area contributed by atoms with E-state index in [0.717, 1.165) is 13.1 Å². The fourth-order valence-electron chi connectivity index (χ4n) is 2.30. The normalized spacial score (nSPS) is 27.2. The summed E-state index contributed by atoms with van der Waals surface area (Å²) in [6, 6.07) is 2.04. The maximum absolute atomic E-state index is 8.95. The third-order valence-electron chi connectivity index (χ3n) is 3.20. The van der Waals surface area contributed by atoms with Gasteiger partial charge in [-0.25, -0.2) is 0 Å². The van der Waals surface area contributed by atoms with E-state index in [1.54, 1.807) is 11.6 Å². The van der Waals surface area contributed by atoms with Crippen LogP contribution in [0, 0.1) is 11.3 Å². The molecule has 2 saturated heterocycles. The van der Waals surface area contributed by atoms with Crippen LogP contribution in [0.4, 0.5) is 5.95 Å². The van der Waals surface area contributed by atoms with Crippen molar-refractivity contribution in [1.29, 1.82) is 5.26 Å². The summed E-state index contributed by atoms with van der Waals surface area (Å²) in [7, 11) is 1.78. The number of rotatable bonds is 1. The molecule has 0 N–H and O–H groups in total. The van der Waals surface area contributed by atoms with E-state index in [9.17, 15) is 0 Å². The van der Waals surface area contributed by atoms with Crippen molar-refractivity contribution in [2.75, 3.05) is 24.8 Å². The summed E-state index contributed by atoms with van der Waals surface area (Å²) in [5, 5.41) is 9.19. The van der Waals surface area contributed by atoms with Crippen LogP contribution in [-0.4, -0.2) is 41.6 Å². The van der Waals surface area contributed by atoms with E-state index in [4.69, 9.17) is 26.3 Å². The number of ether oxygens (including phenoxy) is 2. The molecule has 0 amide bonds. The fourth-order valence-corrected chi connectivity index (χ4v) is 2.54. The number of hydrogen-bond donors (Lipinski definition) is 0. The molecule has 0 aliphatic carbocycles. The van der Waals surface area contributed by atoms with E-state index in [-0.39, 0.29) is 17.4 Å². The quantitative estimate of drug-likeness (QED) is 0.731. The lowest BCUT2D eigenvalue weighted by Gasteiger charge is -2.17. The zero-order chi connectivity index (χ0) is 12.0. The molecule has 7 heteroatoms. The van der Waals surface area contributed by atoms with Crippen LogP contribution < -0.4 is 4.90 Å². The molecule has 0 unspecified atom stereocenters. The number of anilines is 1. The highest BCUT2D eigenvalue weighted by molar-refractivity contribution is 6.30. The molecular weight excluding hydrogens is 244 g/mol. The zero-order valence-corrected chi connectivity index (χ0v) is 10.0. The van der Waals surface area contributed by atoms with Crippen molar-refractivity contribution < 1.29 is 9.47 Å². The van der Waals surface area contributed by atoms with Crippen molar-refractivity contribution in [2.24, 2.45) is 7.05 Å². The molecule has 0 saturated carbocycles. The average Bonchev–Trinajstić information content (AvgIpc) is 2.91. The van der Waals surface area contributed by atoms with E-state index in [2.05, 4.69) is 4.98 Å². The molecular formula is C10H11ClN4O2. The molecule has 0 bridgehead atoms. The molecule has 2 fully saturated rings. The summed E-state index contributed by atoms with van der Waals surface area (Å²) in [6.07, 6.45) is 0.187. The molecule has 0 radical (unpaired) electrons. The minimum absolute atomic E-state index is 0.0935.